The fourth-order valence-electron chi connectivity index (χ4n) is 4.32. The molecule has 1 aromatic rings. The minimum absolute atomic E-state index is 0. The van der Waals surface area contributed by atoms with E-state index < -0.39 is 0 Å². The molecule has 0 aromatic heterocycles. The first-order valence-corrected chi connectivity index (χ1v) is 9.22. The third-order valence-corrected chi connectivity index (χ3v) is 5.97. The second-order valence-corrected chi connectivity index (χ2v) is 7.75. The summed E-state index contributed by atoms with van der Waals surface area (Å²) in [6.07, 6.45) is 6.29. The number of halogens is 2. The highest BCUT2D eigenvalue weighted by Gasteiger charge is 2.45. The fraction of sp³-hybridized carbons (Fsp3) is 0.632. The molecular formula is C19H28Cl2N2O. The van der Waals surface area contributed by atoms with Crippen LogP contribution in [0.15, 0.2) is 24.3 Å². The summed E-state index contributed by atoms with van der Waals surface area (Å²) in [7, 11) is 0. The summed E-state index contributed by atoms with van der Waals surface area (Å²) in [6, 6.07) is 8.05. The van der Waals surface area contributed by atoms with Crippen molar-refractivity contribution in [2.75, 3.05) is 13.1 Å². The van der Waals surface area contributed by atoms with E-state index in [0.29, 0.717) is 16.8 Å². The van der Waals surface area contributed by atoms with Gasteiger partial charge in [0.15, 0.2) is 0 Å². The van der Waals surface area contributed by atoms with Crippen molar-refractivity contribution < 1.29 is 4.79 Å². The third kappa shape index (κ3) is 3.74. The molecule has 2 atom stereocenters. The maximum Gasteiger partial charge on any atom is 0.233 e. The summed E-state index contributed by atoms with van der Waals surface area (Å²) in [5, 5.41) is 0.716. The Bertz CT molecular complexity index is 570. The molecule has 5 heteroatoms. The van der Waals surface area contributed by atoms with Crippen molar-refractivity contribution in [1.82, 2.24) is 4.90 Å². The minimum Gasteiger partial charge on any atom is -0.342 e. The number of hydrogen-bond acceptors (Lipinski definition) is 2. The van der Waals surface area contributed by atoms with E-state index in [4.69, 9.17) is 17.3 Å². The van der Waals surface area contributed by atoms with Gasteiger partial charge < -0.3 is 10.6 Å². The molecule has 1 saturated heterocycles. The number of amides is 1. The molecule has 1 aliphatic carbocycles. The Labute approximate surface area is 156 Å². The van der Waals surface area contributed by atoms with Crippen LogP contribution in [0.5, 0.6) is 0 Å². The molecule has 0 spiro atoms. The highest BCUT2D eigenvalue weighted by molar-refractivity contribution is 6.30. The van der Waals surface area contributed by atoms with Crippen molar-refractivity contribution in [2.24, 2.45) is 11.7 Å². The van der Waals surface area contributed by atoms with E-state index in [-0.39, 0.29) is 23.9 Å². The van der Waals surface area contributed by atoms with Gasteiger partial charge in [-0.1, -0.05) is 36.6 Å². The van der Waals surface area contributed by atoms with Crippen LogP contribution >= 0.6 is 24.0 Å². The average molecular weight is 371 g/mol. The van der Waals surface area contributed by atoms with Gasteiger partial charge in [-0.2, -0.15) is 0 Å². The van der Waals surface area contributed by atoms with Crippen LogP contribution in [0, 0.1) is 5.92 Å². The van der Waals surface area contributed by atoms with Crippen LogP contribution in [-0.4, -0.2) is 29.9 Å². The number of piperidine rings is 1. The van der Waals surface area contributed by atoms with E-state index in [1.807, 2.05) is 18.2 Å². The first-order chi connectivity index (χ1) is 11.0. The lowest BCUT2D eigenvalue weighted by atomic mass is 9.76. The Kier molecular flexibility index (Phi) is 6.58. The van der Waals surface area contributed by atoms with Crippen LogP contribution in [0.1, 0.15) is 51.0 Å². The number of carbonyl (C=O) groups is 1. The maximum absolute atomic E-state index is 13.4. The van der Waals surface area contributed by atoms with Gasteiger partial charge in [-0.15, -0.1) is 12.4 Å². The van der Waals surface area contributed by atoms with Crippen molar-refractivity contribution >= 4 is 29.9 Å². The Balaban J connectivity index is 0.00000208. The topological polar surface area (TPSA) is 46.3 Å². The molecule has 134 valence electrons. The Hall–Kier alpha value is -0.770. The molecule has 2 aliphatic rings. The van der Waals surface area contributed by atoms with Crippen LogP contribution in [-0.2, 0) is 10.2 Å². The standard InChI is InChI=1S/C19H27ClN2O.ClH/c1-14(21)15-6-5-11-22(13-15)18(23)19(9-2-3-10-19)16-7-4-8-17(20)12-16;/h4,7-8,12,14-15H,2-3,5-6,9-11,13,21H2,1H3;1H. The zero-order valence-electron chi connectivity index (χ0n) is 14.3. The molecule has 2 fully saturated rings. The van der Waals surface area contributed by atoms with Crippen LogP contribution < -0.4 is 5.73 Å². The predicted octanol–water partition coefficient (Wildman–Crippen LogP) is 4.16. The highest BCUT2D eigenvalue weighted by atomic mass is 35.5. The van der Waals surface area contributed by atoms with Crippen molar-refractivity contribution in [3.05, 3.63) is 34.9 Å². The van der Waals surface area contributed by atoms with Gasteiger partial charge in [0, 0.05) is 24.2 Å². The molecule has 1 heterocycles. The molecule has 2 N–H and O–H groups in total. The fourth-order valence-corrected chi connectivity index (χ4v) is 4.51. The molecule has 1 saturated carbocycles. The van der Waals surface area contributed by atoms with Crippen LogP contribution in [0.25, 0.3) is 0 Å². The Morgan fingerprint density at radius 3 is 2.67 bits per heavy atom. The van der Waals surface area contributed by atoms with Gasteiger partial charge in [-0.3, -0.25) is 4.79 Å². The molecule has 2 unspecified atom stereocenters. The third-order valence-electron chi connectivity index (χ3n) is 5.73. The molecule has 3 rings (SSSR count). The number of hydrogen-bond donors (Lipinski definition) is 1. The lowest BCUT2D eigenvalue weighted by Gasteiger charge is -2.40. The van der Waals surface area contributed by atoms with E-state index in [1.165, 1.54) is 0 Å². The summed E-state index contributed by atoms with van der Waals surface area (Å²) in [4.78, 5) is 15.5. The molecule has 0 bridgehead atoms. The molecule has 1 aliphatic heterocycles. The Morgan fingerprint density at radius 2 is 2.04 bits per heavy atom. The van der Waals surface area contributed by atoms with Gasteiger partial charge >= 0.3 is 0 Å². The number of nitrogens with two attached hydrogens (primary N) is 1. The quantitative estimate of drug-likeness (QED) is 0.867. The smallest absolute Gasteiger partial charge is 0.233 e. The SMILES string of the molecule is CC(N)C1CCCN(C(=O)C2(c3cccc(Cl)c3)CCCC2)C1.Cl. The van der Waals surface area contributed by atoms with Crippen molar-refractivity contribution in [1.29, 1.82) is 0 Å². The maximum atomic E-state index is 13.4. The largest absolute Gasteiger partial charge is 0.342 e. The first kappa shape index (κ1) is 19.6. The van der Waals surface area contributed by atoms with Crippen LogP contribution in [0.4, 0.5) is 0 Å². The number of benzene rings is 1. The van der Waals surface area contributed by atoms with E-state index in [1.54, 1.807) is 0 Å². The summed E-state index contributed by atoms with van der Waals surface area (Å²) >= 11 is 6.20. The highest BCUT2D eigenvalue weighted by Crippen LogP contribution is 2.43. The lowest BCUT2D eigenvalue weighted by Crippen LogP contribution is -2.51. The van der Waals surface area contributed by atoms with Crippen molar-refractivity contribution in [2.45, 2.75) is 56.9 Å². The van der Waals surface area contributed by atoms with Gasteiger partial charge in [0.2, 0.25) is 5.91 Å². The van der Waals surface area contributed by atoms with Crippen molar-refractivity contribution in [3.8, 4) is 0 Å². The minimum atomic E-state index is -0.370. The molecule has 1 aromatic carbocycles. The monoisotopic (exact) mass is 370 g/mol. The second kappa shape index (κ2) is 8.07. The van der Waals surface area contributed by atoms with Crippen molar-refractivity contribution in [3.63, 3.8) is 0 Å². The molecule has 1 amide bonds. The average Bonchev–Trinajstić information content (AvgIpc) is 3.05. The van der Waals surface area contributed by atoms with Gasteiger partial charge in [0.05, 0.1) is 5.41 Å². The summed E-state index contributed by atoms with van der Waals surface area (Å²) in [5.41, 5.74) is 6.81. The van der Waals surface area contributed by atoms with Gasteiger partial charge in [-0.25, -0.2) is 0 Å². The zero-order chi connectivity index (χ0) is 16.4. The lowest BCUT2D eigenvalue weighted by molar-refractivity contribution is -0.139. The predicted molar refractivity (Wildman–Crippen MR) is 102 cm³/mol. The summed E-state index contributed by atoms with van der Waals surface area (Å²) in [5.74, 6) is 0.716. The van der Waals surface area contributed by atoms with E-state index in [0.717, 1.165) is 57.2 Å². The van der Waals surface area contributed by atoms with Gasteiger partial charge in [-0.05, 0) is 56.2 Å². The van der Waals surface area contributed by atoms with E-state index >= 15 is 0 Å². The van der Waals surface area contributed by atoms with Gasteiger partial charge in [0.1, 0.15) is 0 Å². The Morgan fingerprint density at radius 1 is 1.33 bits per heavy atom. The summed E-state index contributed by atoms with van der Waals surface area (Å²) < 4.78 is 0. The first-order valence-electron chi connectivity index (χ1n) is 8.84. The summed E-state index contributed by atoms with van der Waals surface area (Å²) in [6.45, 7) is 3.73. The molecule has 24 heavy (non-hydrogen) atoms. The number of carbonyl (C=O) groups excluding carboxylic acids is 1. The molecular weight excluding hydrogens is 343 g/mol. The molecule has 0 radical (unpaired) electrons. The van der Waals surface area contributed by atoms with Crippen LogP contribution in [0.2, 0.25) is 5.02 Å². The molecule has 3 nitrogen and oxygen atoms in total. The number of likely N-dealkylation sites (tertiary alicyclic amines) is 1. The number of nitrogens with zero attached hydrogens (tertiary/aromatic N) is 1. The second-order valence-electron chi connectivity index (χ2n) is 7.31. The van der Waals surface area contributed by atoms with Gasteiger partial charge in [0.25, 0.3) is 0 Å². The normalized spacial score (nSPS) is 24.3. The van der Waals surface area contributed by atoms with Crippen LogP contribution in [0.3, 0.4) is 0 Å². The van der Waals surface area contributed by atoms with E-state index in [9.17, 15) is 4.79 Å². The van der Waals surface area contributed by atoms with E-state index in [2.05, 4.69) is 17.9 Å². The zero-order valence-corrected chi connectivity index (χ0v) is 15.9. The number of rotatable bonds is 3.